The van der Waals surface area contributed by atoms with Crippen molar-refractivity contribution in [2.45, 2.75) is 77.7 Å². The first-order valence-electron chi connectivity index (χ1n) is 7.91. The van der Waals surface area contributed by atoms with Crippen LogP contribution in [0.15, 0.2) is 0 Å². The van der Waals surface area contributed by atoms with Crippen LogP contribution in [0, 0.1) is 0 Å². The Balaban J connectivity index is 6.44. The Kier molecular flexibility index (Phi) is 8.80. The molecule has 0 radical (unpaired) electrons. The zero-order chi connectivity index (χ0) is 27.3. The van der Waals surface area contributed by atoms with Crippen LogP contribution >= 0.6 is 22.6 Å². The lowest BCUT2D eigenvalue weighted by atomic mass is 9.87. The minimum absolute atomic E-state index is 0.626. The molecule has 0 rings (SSSR count). The van der Waals surface area contributed by atoms with Crippen molar-refractivity contribution in [1.29, 1.82) is 0 Å². The number of Topliss-reactive ketones (excluding diaryl/α,β-unsaturated/α-hetero) is 1. The number of rotatable bonds is 11. The van der Waals surface area contributed by atoms with Crippen LogP contribution in [0.3, 0.4) is 0 Å². The van der Waals surface area contributed by atoms with Crippen molar-refractivity contribution in [3.8, 4) is 0 Å². The van der Waals surface area contributed by atoms with E-state index in [-0.39, 0.29) is 0 Å². The maximum absolute atomic E-state index is 13.7. The standard InChI is InChI=1S/C14H10F17IO/c1-5(33)2-3-6(32)4-7(15,16)8(17,18)9(19,20)10(21,22)11(23,24)12(25,26)13(27,28)14(29,30)31/h6H,2-4H2,1H3. The van der Waals surface area contributed by atoms with Gasteiger partial charge >= 0.3 is 47.6 Å². The van der Waals surface area contributed by atoms with E-state index in [0.717, 1.165) is 29.5 Å². The molecule has 0 bridgehead atoms. The molecular formula is C14H10F17IO. The van der Waals surface area contributed by atoms with Gasteiger partial charge < -0.3 is 4.79 Å². The van der Waals surface area contributed by atoms with Gasteiger partial charge in [0.25, 0.3) is 0 Å². The normalized spacial score (nSPS) is 16.7. The van der Waals surface area contributed by atoms with Gasteiger partial charge in [-0.2, -0.15) is 74.6 Å². The van der Waals surface area contributed by atoms with Gasteiger partial charge in [0.1, 0.15) is 5.78 Å². The van der Waals surface area contributed by atoms with Crippen molar-refractivity contribution in [3.63, 3.8) is 0 Å². The van der Waals surface area contributed by atoms with Crippen molar-refractivity contribution in [1.82, 2.24) is 0 Å². The summed E-state index contributed by atoms with van der Waals surface area (Å²) in [5.74, 6) is -57.0. The van der Waals surface area contributed by atoms with E-state index in [0.29, 0.717) is 0 Å². The van der Waals surface area contributed by atoms with E-state index in [4.69, 9.17) is 0 Å². The van der Waals surface area contributed by atoms with E-state index in [1.807, 2.05) is 0 Å². The van der Waals surface area contributed by atoms with Gasteiger partial charge in [-0.3, -0.25) is 0 Å². The largest absolute Gasteiger partial charge is 0.460 e. The lowest BCUT2D eigenvalue weighted by molar-refractivity contribution is -0.461. The highest BCUT2D eigenvalue weighted by molar-refractivity contribution is 14.1. The number of carbonyl (C=O) groups excluding carboxylic acids is 1. The van der Waals surface area contributed by atoms with Gasteiger partial charge in [0.05, 0.1) is 0 Å². The molecule has 0 aromatic carbocycles. The Morgan fingerprint density at radius 1 is 0.606 bits per heavy atom. The zero-order valence-electron chi connectivity index (χ0n) is 15.4. The van der Waals surface area contributed by atoms with E-state index < -0.39 is 76.6 Å². The Bertz CT molecular complexity index is 711. The van der Waals surface area contributed by atoms with Crippen LogP contribution < -0.4 is 0 Å². The average Bonchev–Trinajstić information content (AvgIpc) is 2.57. The quantitative estimate of drug-likeness (QED) is 0.129. The molecule has 0 fully saturated rings. The predicted molar refractivity (Wildman–Crippen MR) is 83.0 cm³/mol. The fraction of sp³-hybridized carbons (Fsp3) is 0.929. The number of hydrogen-bond acceptors (Lipinski definition) is 1. The van der Waals surface area contributed by atoms with E-state index in [2.05, 4.69) is 0 Å². The summed E-state index contributed by atoms with van der Waals surface area (Å²) in [7, 11) is 0. The molecule has 1 unspecified atom stereocenters. The van der Waals surface area contributed by atoms with Crippen molar-refractivity contribution in [3.05, 3.63) is 0 Å². The summed E-state index contributed by atoms with van der Waals surface area (Å²) in [5, 5.41) is 0. The molecule has 0 aliphatic rings. The lowest BCUT2D eigenvalue weighted by Crippen LogP contribution is -2.74. The zero-order valence-corrected chi connectivity index (χ0v) is 17.6. The highest BCUT2D eigenvalue weighted by Gasteiger charge is 2.95. The molecule has 0 N–H and O–H groups in total. The van der Waals surface area contributed by atoms with Crippen LogP contribution in [0.25, 0.3) is 0 Å². The summed E-state index contributed by atoms with van der Waals surface area (Å²) in [6.45, 7) is 0.865. The molecule has 19 heteroatoms. The highest BCUT2D eigenvalue weighted by Crippen LogP contribution is 2.64. The SMILES string of the molecule is CC(=O)CCC(I)CC(F)(F)C(F)(F)C(F)(F)C(F)(F)C(F)(F)C(F)(F)C(F)(F)C(F)(F)F. The molecule has 0 amide bonds. The van der Waals surface area contributed by atoms with Gasteiger partial charge in [0.2, 0.25) is 0 Å². The van der Waals surface area contributed by atoms with E-state index >= 15 is 0 Å². The van der Waals surface area contributed by atoms with Crippen LogP contribution in [0.2, 0.25) is 0 Å². The van der Waals surface area contributed by atoms with Gasteiger partial charge in [-0.1, -0.05) is 22.6 Å². The van der Waals surface area contributed by atoms with Gasteiger partial charge in [-0.05, 0) is 13.3 Å². The summed E-state index contributed by atoms with van der Waals surface area (Å²) in [6.07, 6.45) is -11.7. The van der Waals surface area contributed by atoms with Crippen molar-refractivity contribution < 1.29 is 79.4 Å². The molecule has 1 nitrogen and oxygen atoms in total. The second-order valence-corrected chi connectivity index (χ2v) is 8.45. The summed E-state index contributed by atoms with van der Waals surface area (Å²) >= 11 is 0.847. The Hall–Kier alpha value is -0.790. The maximum atomic E-state index is 13.7. The molecule has 0 aliphatic heterocycles. The second kappa shape index (κ2) is 9.02. The van der Waals surface area contributed by atoms with Crippen LogP contribution in [-0.4, -0.2) is 57.3 Å². The number of halogens is 18. The first-order chi connectivity index (χ1) is 14.1. The molecule has 0 aromatic heterocycles. The molecule has 1 atom stereocenters. The Labute approximate surface area is 186 Å². The topological polar surface area (TPSA) is 17.1 Å². The number of alkyl halides is 18. The first-order valence-corrected chi connectivity index (χ1v) is 9.15. The van der Waals surface area contributed by atoms with Crippen LogP contribution in [-0.2, 0) is 4.79 Å². The molecule has 0 aliphatic carbocycles. The summed E-state index contributed by atoms with van der Waals surface area (Å²) in [6, 6.07) is 0. The molecule has 0 spiro atoms. The highest BCUT2D eigenvalue weighted by atomic mass is 127. The molecule has 0 saturated heterocycles. The van der Waals surface area contributed by atoms with Gasteiger partial charge in [0.15, 0.2) is 0 Å². The molecule has 33 heavy (non-hydrogen) atoms. The predicted octanol–water partition coefficient (Wildman–Crippen LogP) is 7.56. The van der Waals surface area contributed by atoms with Crippen LogP contribution in [0.5, 0.6) is 0 Å². The van der Waals surface area contributed by atoms with Crippen LogP contribution in [0.4, 0.5) is 74.6 Å². The lowest BCUT2D eigenvalue weighted by Gasteiger charge is -2.43. The van der Waals surface area contributed by atoms with E-state index in [1.54, 1.807) is 0 Å². The minimum Gasteiger partial charge on any atom is -0.300 e. The number of ketones is 1. The summed E-state index contributed by atoms with van der Waals surface area (Å²) in [5.41, 5.74) is 0. The van der Waals surface area contributed by atoms with Crippen molar-refractivity contribution >= 4 is 28.4 Å². The monoisotopic (exact) mass is 644 g/mol. The molecule has 0 aromatic rings. The first kappa shape index (κ1) is 32.2. The van der Waals surface area contributed by atoms with E-state index in [1.165, 1.54) is 0 Å². The van der Waals surface area contributed by atoms with E-state index in [9.17, 15) is 79.4 Å². The smallest absolute Gasteiger partial charge is 0.300 e. The Morgan fingerprint density at radius 3 is 1.21 bits per heavy atom. The van der Waals surface area contributed by atoms with Gasteiger partial charge in [-0.25, -0.2) is 0 Å². The van der Waals surface area contributed by atoms with Gasteiger partial charge in [0, 0.05) is 16.8 Å². The van der Waals surface area contributed by atoms with Crippen molar-refractivity contribution in [2.75, 3.05) is 0 Å². The summed E-state index contributed by atoms with van der Waals surface area (Å²) < 4.78 is 221. The fourth-order valence-corrected chi connectivity index (χ4v) is 2.93. The maximum Gasteiger partial charge on any atom is 0.460 e. The van der Waals surface area contributed by atoms with Crippen LogP contribution in [0.1, 0.15) is 26.2 Å². The Morgan fingerprint density at radius 2 is 0.909 bits per heavy atom. The molecule has 0 heterocycles. The van der Waals surface area contributed by atoms with Gasteiger partial charge in [-0.15, -0.1) is 0 Å². The molecule has 0 saturated carbocycles. The third-order valence-corrected chi connectivity index (χ3v) is 5.14. The third kappa shape index (κ3) is 5.11. The number of carbonyl (C=O) groups is 1. The fourth-order valence-electron chi connectivity index (χ4n) is 2.06. The molecular weight excluding hydrogens is 634 g/mol. The minimum atomic E-state index is -8.62. The van der Waals surface area contributed by atoms with Crippen molar-refractivity contribution in [2.24, 2.45) is 0 Å². The second-order valence-electron chi connectivity index (χ2n) is 6.69. The summed E-state index contributed by atoms with van der Waals surface area (Å²) in [4.78, 5) is 10.7. The molecule has 198 valence electrons. The third-order valence-electron chi connectivity index (χ3n) is 4.07. The number of hydrogen-bond donors (Lipinski definition) is 0. The average molecular weight is 644 g/mol.